The van der Waals surface area contributed by atoms with Gasteiger partial charge in [0.25, 0.3) is 0 Å². The maximum atomic E-state index is 12.6. The van der Waals surface area contributed by atoms with Crippen LogP contribution in [0.1, 0.15) is 13.3 Å². The van der Waals surface area contributed by atoms with Gasteiger partial charge < -0.3 is 10.2 Å². The molecule has 1 aromatic rings. The number of rotatable bonds is 3. The fourth-order valence-electron chi connectivity index (χ4n) is 1.99. The highest BCUT2D eigenvalue weighted by atomic mass is 35.5. The molecule has 2 rings (SSSR count). The maximum absolute atomic E-state index is 12.6. The zero-order valence-corrected chi connectivity index (χ0v) is 12.6. The molecule has 0 bridgehead atoms. The van der Waals surface area contributed by atoms with E-state index in [9.17, 15) is 8.42 Å². The van der Waals surface area contributed by atoms with E-state index in [4.69, 9.17) is 22.2 Å². The molecule has 1 aliphatic heterocycles. The summed E-state index contributed by atoms with van der Waals surface area (Å²) in [6.07, 6.45) is 1.76. The Balaban J connectivity index is 2.31. The SMILES string of the molecule is CC1CN(S(=O)(=O)c2cnc(NN)c(Cl)c2)CCCO1. The van der Waals surface area contributed by atoms with Crippen molar-refractivity contribution in [2.24, 2.45) is 5.84 Å². The second-order valence-corrected chi connectivity index (χ2v) is 6.89. The van der Waals surface area contributed by atoms with E-state index in [2.05, 4.69) is 10.4 Å². The summed E-state index contributed by atoms with van der Waals surface area (Å²) in [5.41, 5.74) is 2.30. The van der Waals surface area contributed by atoms with E-state index in [1.807, 2.05) is 6.92 Å². The normalized spacial score (nSPS) is 21.4. The lowest BCUT2D eigenvalue weighted by atomic mass is 10.4. The summed E-state index contributed by atoms with van der Waals surface area (Å²) >= 11 is 5.92. The molecule has 0 radical (unpaired) electrons. The second kappa shape index (κ2) is 6.23. The number of nitrogens with one attached hydrogen (secondary N) is 1. The van der Waals surface area contributed by atoms with Gasteiger partial charge in [0.05, 0.1) is 11.1 Å². The Kier molecular flexibility index (Phi) is 4.82. The Labute approximate surface area is 123 Å². The van der Waals surface area contributed by atoms with Crippen molar-refractivity contribution in [2.75, 3.05) is 25.1 Å². The predicted molar refractivity (Wildman–Crippen MR) is 75.8 cm³/mol. The van der Waals surface area contributed by atoms with Gasteiger partial charge in [-0.2, -0.15) is 4.31 Å². The van der Waals surface area contributed by atoms with Crippen molar-refractivity contribution in [2.45, 2.75) is 24.3 Å². The Morgan fingerprint density at radius 2 is 2.35 bits per heavy atom. The first-order valence-electron chi connectivity index (χ1n) is 6.19. The van der Waals surface area contributed by atoms with Crippen molar-refractivity contribution in [1.29, 1.82) is 0 Å². The molecule has 20 heavy (non-hydrogen) atoms. The molecule has 7 nitrogen and oxygen atoms in total. The van der Waals surface area contributed by atoms with Crippen molar-refractivity contribution < 1.29 is 13.2 Å². The summed E-state index contributed by atoms with van der Waals surface area (Å²) in [6, 6.07) is 1.34. The largest absolute Gasteiger partial charge is 0.377 e. The number of nitrogens with zero attached hydrogens (tertiary/aromatic N) is 2. The molecule has 9 heteroatoms. The van der Waals surface area contributed by atoms with E-state index in [1.54, 1.807) is 0 Å². The van der Waals surface area contributed by atoms with Crippen LogP contribution >= 0.6 is 11.6 Å². The van der Waals surface area contributed by atoms with E-state index in [0.717, 1.165) is 0 Å². The summed E-state index contributed by atoms with van der Waals surface area (Å²) in [7, 11) is -3.63. The van der Waals surface area contributed by atoms with Crippen LogP contribution < -0.4 is 11.3 Å². The summed E-state index contributed by atoms with van der Waals surface area (Å²) in [4.78, 5) is 3.95. The van der Waals surface area contributed by atoms with Crippen LogP contribution in [-0.4, -0.2) is 43.5 Å². The Bertz CT molecular complexity index is 581. The van der Waals surface area contributed by atoms with Gasteiger partial charge in [-0.1, -0.05) is 11.6 Å². The number of aromatic nitrogens is 1. The van der Waals surface area contributed by atoms with Gasteiger partial charge in [0.2, 0.25) is 10.0 Å². The van der Waals surface area contributed by atoms with Crippen LogP contribution in [0.2, 0.25) is 5.02 Å². The number of ether oxygens (including phenoxy) is 1. The molecule has 1 fully saturated rings. The molecular formula is C11H17ClN4O3S. The third-order valence-electron chi connectivity index (χ3n) is 3.01. The average molecular weight is 321 g/mol. The van der Waals surface area contributed by atoms with Gasteiger partial charge in [-0.05, 0) is 19.4 Å². The third kappa shape index (κ3) is 3.21. The zero-order valence-electron chi connectivity index (χ0n) is 11.0. The fourth-order valence-corrected chi connectivity index (χ4v) is 3.80. The monoisotopic (exact) mass is 320 g/mol. The van der Waals surface area contributed by atoms with Gasteiger partial charge in [-0.25, -0.2) is 19.2 Å². The van der Waals surface area contributed by atoms with E-state index < -0.39 is 10.0 Å². The van der Waals surface area contributed by atoms with Gasteiger partial charge in [-0.15, -0.1) is 0 Å². The molecule has 1 saturated heterocycles. The summed E-state index contributed by atoms with van der Waals surface area (Å²) < 4.78 is 32.0. The summed E-state index contributed by atoms with van der Waals surface area (Å²) in [6.45, 7) is 3.14. The number of nitrogen functional groups attached to an aromatic ring is 1. The van der Waals surface area contributed by atoms with Gasteiger partial charge in [0, 0.05) is 25.9 Å². The van der Waals surface area contributed by atoms with E-state index in [0.29, 0.717) is 26.1 Å². The maximum Gasteiger partial charge on any atom is 0.244 e. The van der Waals surface area contributed by atoms with E-state index in [1.165, 1.54) is 16.6 Å². The number of anilines is 1. The minimum Gasteiger partial charge on any atom is -0.377 e. The molecule has 1 atom stereocenters. The number of halogens is 1. The molecule has 112 valence electrons. The second-order valence-electron chi connectivity index (χ2n) is 4.54. The van der Waals surface area contributed by atoms with Crippen LogP contribution in [0.5, 0.6) is 0 Å². The van der Waals surface area contributed by atoms with Crippen molar-refractivity contribution in [3.63, 3.8) is 0 Å². The van der Waals surface area contributed by atoms with E-state index >= 15 is 0 Å². The summed E-state index contributed by atoms with van der Waals surface area (Å²) in [5.74, 6) is 5.45. The molecule has 2 heterocycles. The average Bonchev–Trinajstić information content (AvgIpc) is 2.63. The lowest BCUT2D eigenvalue weighted by Crippen LogP contribution is -2.36. The first-order valence-corrected chi connectivity index (χ1v) is 8.01. The number of pyridine rings is 1. The van der Waals surface area contributed by atoms with Crippen LogP contribution in [0.15, 0.2) is 17.2 Å². The fraction of sp³-hybridized carbons (Fsp3) is 0.545. The molecule has 0 spiro atoms. The van der Waals surface area contributed by atoms with Gasteiger partial charge in [0.1, 0.15) is 4.90 Å². The van der Waals surface area contributed by atoms with Crippen LogP contribution in [0, 0.1) is 0 Å². The molecule has 1 aromatic heterocycles. The Morgan fingerprint density at radius 3 is 3.00 bits per heavy atom. The van der Waals surface area contributed by atoms with Crippen molar-refractivity contribution in [3.05, 3.63) is 17.3 Å². The highest BCUT2D eigenvalue weighted by Crippen LogP contribution is 2.24. The van der Waals surface area contributed by atoms with Crippen molar-refractivity contribution >= 4 is 27.4 Å². The number of nitrogens with two attached hydrogens (primary N) is 1. The highest BCUT2D eigenvalue weighted by molar-refractivity contribution is 7.89. The van der Waals surface area contributed by atoms with Crippen molar-refractivity contribution in [1.82, 2.24) is 9.29 Å². The van der Waals surface area contributed by atoms with Gasteiger partial charge in [-0.3, -0.25) is 0 Å². The zero-order chi connectivity index (χ0) is 14.8. The number of sulfonamides is 1. The molecule has 3 N–H and O–H groups in total. The number of hydrazine groups is 1. The predicted octanol–water partition coefficient (Wildman–Crippen LogP) is 0.820. The van der Waals surface area contributed by atoms with Crippen LogP contribution in [-0.2, 0) is 14.8 Å². The topological polar surface area (TPSA) is 97.6 Å². The minimum absolute atomic E-state index is 0.0515. The molecule has 0 amide bonds. The summed E-state index contributed by atoms with van der Waals surface area (Å²) in [5, 5.41) is 0.160. The smallest absolute Gasteiger partial charge is 0.244 e. The molecule has 1 unspecified atom stereocenters. The molecule has 0 aliphatic carbocycles. The van der Waals surface area contributed by atoms with Crippen LogP contribution in [0.4, 0.5) is 5.82 Å². The molecule has 0 saturated carbocycles. The highest BCUT2D eigenvalue weighted by Gasteiger charge is 2.28. The first kappa shape index (κ1) is 15.5. The van der Waals surface area contributed by atoms with Gasteiger partial charge >= 0.3 is 0 Å². The Morgan fingerprint density at radius 1 is 1.60 bits per heavy atom. The Hall–Kier alpha value is -0.930. The minimum atomic E-state index is -3.63. The quantitative estimate of drug-likeness (QED) is 0.632. The van der Waals surface area contributed by atoms with Crippen molar-refractivity contribution in [3.8, 4) is 0 Å². The van der Waals surface area contributed by atoms with E-state index in [-0.39, 0.29) is 21.8 Å². The van der Waals surface area contributed by atoms with Crippen LogP contribution in [0.25, 0.3) is 0 Å². The molecule has 0 aromatic carbocycles. The molecular weight excluding hydrogens is 304 g/mol. The standard InChI is InChI=1S/C11H17ClN4O3S/c1-8-7-16(3-2-4-19-8)20(17,18)9-5-10(12)11(15-13)14-6-9/h5-6,8H,2-4,7,13H2,1H3,(H,14,15). The number of hydrogen-bond donors (Lipinski definition) is 2. The molecule has 1 aliphatic rings. The third-order valence-corrected chi connectivity index (χ3v) is 5.12. The number of hydrogen-bond acceptors (Lipinski definition) is 6. The lowest BCUT2D eigenvalue weighted by molar-refractivity contribution is 0.0752. The van der Waals surface area contributed by atoms with Crippen LogP contribution in [0.3, 0.4) is 0 Å². The first-order chi connectivity index (χ1) is 9.45. The lowest BCUT2D eigenvalue weighted by Gasteiger charge is -2.21. The van der Waals surface area contributed by atoms with Gasteiger partial charge in [0.15, 0.2) is 5.82 Å².